The average Bonchev–Trinajstić information content (AvgIpc) is 3.25. The largest absolute Gasteiger partial charge is 0.457 e. The molecule has 1 aromatic heterocycles. The van der Waals surface area contributed by atoms with Crippen LogP contribution in [0.4, 0.5) is 5.69 Å². The summed E-state index contributed by atoms with van der Waals surface area (Å²) in [6.45, 7) is 1.37. The van der Waals surface area contributed by atoms with Crippen LogP contribution in [0.1, 0.15) is 18.1 Å². The van der Waals surface area contributed by atoms with Crippen LogP contribution in [-0.4, -0.2) is 20.7 Å². The summed E-state index contributed by atoms with van der Waals surface area (Å²) < 4.78 is 7.94. The Bertz CT molecular complexity index is 919. The number of ether oxygens (including phenoxy) is 1. The lowest BCUT2D eigenvalue weighted by Crippen LogP contribution is -2.22. The minimum atomic E-state index is 0.331. The van der Waals surface area contributed by atoms with Crippen LogP contribution in [0.2, 0.25) is 0 Å². The molecule has 0 atom stereocenters. The van der Waals surface area contributed by atoms with E-state index in [2.05, 4.69) is 25.1 Å². The maximum absolute atomic E-state index is 6.01. The Hall–Kier alpha value is -3.35. The number of benzene rings is 2. The van der Waals surface area contributed by atoms with E-state index in [-0.39, 0.29) is 0 Å². The quantitative estimate of drug-likeness (QED) is 0.546. The predicted octanol–water partition coefficient (Wildman–Crippen LogP) is 2.94. The van der Waals surface area contributed by atoms with Crippen molar-refractivity contribution in [3.63, 3.8) is 0 Å². The molecule has 2 heterocycles. The summed E-state index contributed by atoms with van der Waals surface area (Å²) in [5, 5.41) is 11.4. The zero-order chi connectivity index (χ0) is 17.8. The molecule has 0 spiro atoms. The van der Waals surface area contributed by atoms with E-state index in [1.807, 2.05) is 54.6 Å². The van der Waals surface area contributed by atoms with Crippen molar-refractivity contribution in [1.82, 2.24) is 14.8 Å². The minimum Gasteiger partial charge on any atom is -0.457 e. The predicted molar refractivity (Wildman–Crippen MR) is 100 cm³/mol. The molecule has 0 aliphatic carbocycles. The number of hydrogen-bond donors (Lipinski definition) is 2. The van der Waals surface area contributed by atoms with E-state index in [1.165, 1.54) is 0 Å². The van der Waals surface area contributed by atoms with E-state index < -0.39 is 0 Å². The lowest BCUT2D eigenvalue weighted by atomic mass is 10.3. The smallest absolute Gasteiger partial charge is 0.193 e. The number of aryl methyl sites for hydroxylation is 1. The normalized spacial score (nSPS) is 13.5. The van der Waals surface area contributed by atoms with Gasteiger partial charge in [-0.05, 0) is 30.7 Å². The summed E-state index contributed by atoms with van der Waals surface area (Å²) in [7, 11) is 0. The van der Waals surface area contributed by atoms with Gasteiger partial charge in [0.15, 0.2) is 11.8 Å². The minimum absolute atomic E-state index is 0.331. The second-order valence-electron chi connectivity index (χ2n) is 6.06. The van der Waals surface area contributed by atoms with E-state index in [0.717, 1.165) is 48.2 Å². The highest BCUT2D eigenvalue weighted by atomic mass is 16.5. The van der Waals surface area contributed by atoms with Crippen molar-refractivity contribution in [3.8, 4) is 11.5 Å². The van der Waals surface area contributed by atoms with Crippen molar-refractivity contribution in [3.05, 3.63) is 66.2 Å². The van der Waals surface area contributed by atoms with Crippen molar-refractivity contribution in [2.45, 2.75) is 25.9 Å². The molecular weight excluding hydrogens is 328 g/mol. The van der Waals surface area contributed by atoms with Gasteiger partial charge >= 0.3 is 0 Å². The molecule has 4 rings (SSSR count). The van der Waals surface area contributed by atoms with Gasteiger partial charge in [-0.3, -0.25) is 0 Å². The number of nitrogens with one attached hydrogen (secondary N) is 1. The van der Waals surface area contributed by atoms with E-state index in [1.54, 1.807) is 0 Å². The third kappa shape index (κ3) is 3.66. The van der Waals surface area contributed by atoms with Gasteiger partial charge in [0.2, 0.25) is 0 Å². The van der Waals surface area contributed by atoms with Crippen molar-refractivity contribution in [1.29, 1.82) is 0 Å². The van der Waals surface area contributed by atoms with Gasteiger partial charge in [0.25, 0.3) is 0 Å². The number of para-hydroxylation sites is 1. The second kappa shape index (κ2) is 7.26. The summed E-state index contributed by atoms with van der Waals surface area (Å²) in [4.78, 5) is 4.37. The van der Waals surface area contributed by atoms with E-state index in [4.69, 9.17) is 10.5 Å². The molecule has 0 unspecified atom stereocenters. The van der Waals surface area contributed by atoms with E-state index >= 15 is 0 Å². The zero-order valence-corrected chi connectivity index (χ0v) is 14.3. The molecule has 3 aromatic rings. The van der Waals surface area contributed by atoms with Gasteiger partial charge in [0.1, 0.15) is 23.9 Å². The third-order valence-electron chi connectivity index (χ3n) is 4.16. The first kappa shape index (κ1) is 16.1. The Morgan fingerprint density at radius 1 is 1.12 bits per heavy atom. The van der Waals surface area contributed by atoms with Crippen molar-refractivity contribution in [2.24, 2.45) is 10.7 Å². The van der Waals surface area contributed by atoms with E-state index in [9.17, 15) is 0 Å². The number of rotatable bonds is 5. The fourth-order valence-corrected chi connectivity index (χ4v) is 2.93. The van der Waals surface area contributed by atoms with Crippen LogP contribution >= 0.6 is 0 Å². The monoisotopic (exact) mass is 348 g/mol. The molecule has 132 valence electrons. The molecule has 0 amide bonds. The number of anilines is 1. The first-order chi connectivity index (χ1) is 12.8. The molecule has 1 aliphatic heterocycles. The average molecular weight is 348 g/mol. The molecule has 3 N–H and O–H groups in total. The molecule has 0 saturated carbocycles. The number of aromatic nitrogens is 3. The number of aliphatic imine (C=N–C) groups is 1. The van der Waals surface area contributed by atoms with Crippen molar-refractivity contribution < 1.29 is 4.74 Å². The molecule has 0 bridgehead atoms. The molecule has 0 fully saturated rings. The van der Waals surface area contributed by atoms with Gasteiger partial charge < -0.3 is 20.4 Å². The Morgan fingerprint density at radius 3 is 2.85 bits per heavy atom. The number of nitrogens with two attached hydrogens (primary N) is 1. The highest BCUT2D eigenvalue weighted by molar-refractivity contribution is 5.92. The van der Waals surface area contributed by atoms with Gasteiger partial charge in [0, 0.05) is 24.7 Å². The van der Waals surface area contributed by atoms with Crippen LogP contribution in [0, 0.1) is 0 Å². The molecule has 7 nitrogen and oxygen atoms in total. The van der Waals surface area contributed by atoms with Gasteiger partial charge in [0.05, 0.1) is 0 Å². The lowest BCUT2D eigenvalue weighted by Gasteiger charge is -2.09. The number of nitrogens with zero attached hydrogens (tertiary/aromatic N) is 4. The van der Waals surface area contributed by atoms with Crippen LogP contribution in [-0.2, 0) is 19.5 Å². The highest BCUT2D eigenvalue weighted by Gasteiger charge is 2.16. The van der Waals surface area contributed by atoms with Gasteiger partial charge in [-0.1, -0.05) is 24.3 Å². The SMILES string of the molecule is NC(=NCc1nnc2n1CCC2)Nc1cccc(Oc2ccccc2)c1. The topological polar surface area (TPSA) is 90.4 Å². The van der Waals surface area contributed by atoms with Crippen LogP contribution in [0.15, 0.2) is 59.6 Å². The maximum atomic E-state index is 6.01. The summed E-state index contributed by atoms with van der Waals surface area (Å²) in [5.74, 6) is 3.73. The van der Waals surface area contributed by atoms with Crippen molar-refractivity contribution >= 4 is 11.6 Å². The fraction of sp³-hybridized carbons (Fsp3) is 0.211. The molecule has 7 heteroatoms. The maximum Gasteiger partial charge on any atom is 0.193 e. The Labute approximate surface area is 151 Å². The van der Waals surface area contributed by atoms with E-state index in [0.29, 0.717) is 12.5 Å². The standard InChI is InChI=1S/C19H20N6O/c20-19(21-13-18-24-23-17-10-5-11-25(17)18)22-14-6-4-9-16(12-14)26-15-7-2-1-3-8-15/h1-4,6-9,12H,5,10-11,13H2,(H3,20,21,22). The second-order valence-corrected chi connectivity index (χ2v) is 6.06. The number of fused-ring (bicyclic) bond motifs is 1. The molecule has 26 heavy (non-hydrogen) atoms. The highest BCUT2D eigenvalue weighted by Crippen LogP contribution is 2.23. The fourth-order valence-electron chi connectivity index (χ4n) is 2.93. The zero-order valence-electron chi connectivity index (χ0n) is 14.3. The molecule has 0 radical (unpaired) electrons. The Kier molecular flexibility index (Phi) is 4.51. The Morgan fingerprint density at radius 2 is 1.96 bits per heavy atom. The van der Waals surface area contributed by atoms with Gasteiger partial charge in [-0.25, -0.2) is 4.99 Å². The molecule has 2 aromatic carbocycles. The summed E-state index contributed by atoms with van der Waals surface area (Å²) in [6.07, 6.45) is 2.10. The lowest BCUT2D eigenvalue weighted by molar-refractivity contribution is 0.483. The Balaban J connectivity index is 1.40. The van der Waals surface area contributed by atoms with Crippen molar-refractivity contribution in [2.75, 3.05) is 5.32 Å². The van der Waals surface area contributed by atoms with Crippen LogP contribution in [0.25, 0.3) is 0 Å². The summed E-state index contributed by atoms with van der Waals surface area (Å²) in [5.41, 5.74) is 6.82. The molecular formula is C19H20N6O. The van der Waals surface area contributed by atoms with Crippen LogP contribution in [0.3, 0.4) is 0 Å². The first-order valence-electron chi connectivity index (χ1n) is 8.59. The summed E-state index contributed by atoms with van der Waals surface area (Å²) >= 11 is 0. The number of guanidine groups is 1. The molecule has 0 saturated heterocycles. The third-order valence-corrected chi connectivity index (χ3v) is 4.16. The van der Waals surface area contributed by atoms with Gasteiger partial charge in [-0.2, -0.15) is 0 Å². The number of hydrogen-bond acceptors (Lipinski definition) is 4. The van der Waals surface area contributed by atoms with Crippen LogP contribution < -0.4 is 15.8 Å². The molecule has 1 aliphatic rings. The van der Waals surface area contributed by atoms with Gasteiger partial charge in [-0.15, -0.1) is 10.2 Å². The first-order valence-corrected chi connectivity index (χ1v) is 8.59. The van der Waals surface area contributed by atoms with Crippen LogP contribution in [0.5, 0.6) is 11.5 Å². The summed E-state index contributed by atoms with van der Waals surface area (Å²) in [6, 6.07) is 17.2.